The summed E-state index contributed by atoms with van der Waals surface area (Å²) in [4.78, 5) is 4.20. The largest absolute Gasteiger partial charge is 0.306 e. The van der Waals surface area contributed by atoms with Crippen LogP contribution in [-0.2, 0) is 6.42 Å². The van der Waals surface area contributed by atoms with Crippen molar-refractivity contribution < 1.29 is 5.82 Å². The van der Waals surface area contributed by atoms with Crippen molar-refractivity contribution in [3.63, 3.8) is 0 Å². The zero-order chi connectivity index (χ0) is 12.1. The van der Waals surface area contributed by atoms with Crippen molar-refractivity contribution in [1.82, 2.24) is 9.38 Å². The van der Waals surface area contributed by atoms with Crippen molar-refractivity contribution in [2.75, 3.05) is 0 Å². The van der Waals surface area contributed by atoms with Gasteiger partial charge in [0, 0.05) is 25.5 Å². The van der Waals surface area contributed by atoms with Gasteiger partial charge in [0.05, 0.1) is 5.69 Å². The van der Waals surface area contributed by atoms with E-state index in [9.17, 15) is 4.39 Å². The van der Waals surface area contributed by atoms with E-state index in [1.807, 2.05) is 30.6 Å². The Morgan fingerprint density at radius 1 is 1.44 bits per heavy atom. The molecule has 0 amide bonds. The third-order valence-electron chi connectivity index (χ3n) is 2.26. The van der Waals surface area contributed by atoms with Gasteiger partial charge in [0.25, 0.3) is 0 Å². The quantitative estimate of drug-likeness (QED) is 0.707. The Morgan fingerprint density at radius 2 is 2.12 bits per heavy atom. The summed E-state index contributed by atoms with van der Waals surface area (Å²) in [7, 11) is 0. The Labute approximate surface area is 96.9 Å². The molecule has 0 unspecified atom stereocenters. The number of fused-ring (bicyclic) bond motifs is 1. The summed E-state index contributed by atoms with van der Waals surface area (Å²) < 4.78 is 15.3. The maximum atomic E-state index is 13.5. The Morgan fingerprint density at radius 3 is 2.75 bits per heavy atom. The lowest BCUT2D eigenvalue weighted by atomic mass is 10.1. The van der Waals surface area contributed by atoms with Gasteiger partial charge in [-0.3, -0.25) is 0 Å². The molecule has 0 N–H and O–H groups in total. The number of rotatable bonds is 2. The summed E-state index contributed by atoms with van der Waals surface area (Å²) in [6, 6.07) is 1.50. The third kappa shape index (κ3) is 2.48. The van der Waals surface area contributed by atoms with Gasteiger partial charge in [0.2, 0.25) is 0 Å². The van der Waals surface area contributed by atoms with Gasteiger partial charge in [-0.15, -0.1) is 13.2 Å². The van der Waals surface area contributed by atoms with Gasteiger partial charge in [0.1, 0.15) is 11.5 Å². The van der Waals surface area contributed by atoms with E-state index in [4.69, 9.17) is 0 Å². The molecule has 0 radical (unpaired) electrons. The maximum absolute atomic E-state index is 13.5. The zero-order valence-corrected chi connectivity index (χ0v) is 9.83. The van der Waals surface area contributed by atoms with Gasteiger partial charge in [-0.05, 0) is 13.3 Å². The van der Waals surface area contributed by atoms with Crippen LogP contribution in [0.4, 0.5) is 4.39 Å². The second-order valence-corrected chi connectivity index (χ2v) is 3.54. The molecule has 0 saturated carbocycles. The van der Waals surface area contributed by atoms with Crippen molar-refractivity contribution in [1.29, 1.82) is 0 Å². The summed E-state index contributed by atoms with van der Waals surface area (Å²) in [5, 5.41) is 0. The average molecular weight is 222 g/mol. The van der Waals surface area contributed by atoms with Crippen LogP contribution in [0.15, 0.2) is 31.6 Å². The molecule has 0 aromatic carbocycles. The highest BCUT2D eigenvalue weighted by Gasteiger charge is 2.05. The minimum atomic E-state index is -0.148. The molecule has 0 fully saturated rings. The molecule has 3 heteroatoms. The van der Waals surface area contributed by atoms with Gasteiger partial charge in [0.15, 0.2) is 0 Å². The second-order valence-electron chi connectivity index (χ2n) is 3.54. The van der Waals surface area contributed by atoms with Gasteiger partial charge in [-0.25, -0.2) is 9.37 Å². The molecule has 0 aliphatic carbocycles. The molecule has 0 atom stereocenters. The van der Waals surface area contributed by atoms with Crippen molar-refractivity contribution >= 4 is 5.65 Å². The first-order valence-corrected chi connectivity index (χ1v) is 5.34. The van der Waals surface area contributed by atoms with Crippen LogP contribution in [-0.4, -0.2) is 9.38 Å². The number of halogens is 1. The summed E-state index contributed by atoms with van der Waals surface area (Å²) in [6.45, 7) is 9.95. The molecule has 2 aromatic rings. The van der Waals surface area contributed by atoms with Gasteiger partial charge in [-0.2, -0.15) is 0 Å². The average Bonchev–Trinajstić information content (AvgIpc) is 2.61. The standard InChI is InChI=1S/C11H13FN2.C2H4.H2/c1-3-4-9-7-14-6-8(2)13-11(14)5-10(9)12;1-2;/h5-7H,3-4H2,1-2H3;1-2H2;1H. The molecule has 0 bridgehead atoms. The molecule has 88 valence electrons. The van der Waals surface area contributed by atoms with E-state index in [0.717, 1.165) is 24.1 Å². The van der Waals surface area contributed by atoms with E-state index in [1.54, 1.807) is 0 Å². The molecule has 0 aliphatic rings. The van der Waals surface area contributed by atoms with Crippen LogP contribution in [0.3, 0.4) is 0 Å². The van der Waals surface area contributed by atoms with Gasteiger partial charge >= 0.3 is 0 Å². The highest BCUT2D eigenvalue weighted by molar-refractivity contribution is 5.42. The highest BCUT2D eigenvalue weighted by Crippen LogP contribution is 2.13. The molecular weight excluding hydrogens is 203 g/mol. The first kappa shape index (κ1) is 12.4. The van der Waals surface area contributed by atoms with Crippen molar-refractivity contribution in [3.8, 4) is 0 Å². The number of hydrogen-bond acceptors (Lipinski definition) is 1. The first-order chi connectivity index (χ1) is 7.70. The van der Waals surface area contributed by atoms with Crippen LogP contribution in [0.5, 0.6) is 0 Å². The van der Waals surface area contributed by atoms with E-state index in [-0.39, 0.29) is 7.24 Å². The van der Waals surface area contributed by atoms with Crippen LogP contribution in [0, 0.1) is 12.7 Å². The van der Waals surface area contributed by atoms with Crippen molar-refractivity contribution in [3.05, 3.63) is 48.7 Å². The van der Waals surface area contributed by atoms with Crippen LogP contribution >= 0.6 is 0 Å². The van der Waals surface area contributed by atoms with Crippen LogP contribution in [0.25, 0.3) is 5.65 Å². The number of pyridine rings is 1. The monoisotopic (exact) mass is 222 g/mol. The van der Waals surface area contributed by atoms with Crippen LogP contribution in [0.2, 0.25) is 0 Å². The molecule has 0 aliphatic heterocycles. The second kappa shape index (κ2) is 5.45. The van der Waals surface area contributed by atoms with E-state index >= 15 is 0 Å². The Kier molecular flexibility index (Phi) is 4.23. The van der Waals surface area contributed by atoms with Crippen LogP contribution in [0.1, 0.15) is 26.0 Å². The number of imidazole rings is 1. The Balaban J connectivity index is 0.000000811. The van der Waals surface area contributed by atoms with E-state index < -0.39 is 0 Å². The van der Waals surface area contributed by atoms with E-state index in [1.165, 1.54) is 6.07 Å². The fourth-order valence-electron chi connectivity index (χ4n) is 1.63. The lowest BCUT2D eigenvalue weighted by Crippen LogP contribution is -1.94. The Hall–Kier alpha value is -1.64. The predicted molar refractivity (Wildman–Crippen MR) is 67.3 cm³/mol. The number of hydrogen-bond donors (Lipinski definition) is 0. The smallest absolute Gasteiger partial charge is 0.139 e. The fourth-order valence-corrected chi connectivity index (χ4v) is 1.63. The normalized spacial score (nSPS) is 9.94. The molecule has 2 heterocycles. The maximum Gasteiger partial charge on any atom is 0.139 e. The van der Waals surface area contributed by atoms with Gasteiger partial charge in [-0.1, -0.05) is 13.3 Å². The minimum absolute atomic E-state index is 0. The molecule has 0 saturated heterocycles. The number of aryl methyl sites for hydroxylation is 2. The summed E-state index contributed by atoms with van der Waals surface area (Å²) in [6.07, 6.45) is 5.47. The number of aromatic nitrogens is 2. The predicted octanol–water partition coefficient (Wildman–Crippen LogP) is 3.78. The minimum Gasteiger partial charge on any atom is -0.306 e. The zero-order valence-electron chi connectivity index (χ0n) is 9.83. The molecule has 2 aromatic heterocycles. The summed E-state index contributed by atoms with van der Waals surface area (Å²) in [5.41, 5.74) is 2.36. The van der Waals surface area contributed by atoms with Crippen molar-refractivity contribution in [2.45, 2.75) is 26.7 Å². The Bertz CT molecular complexity index is 479. The molecule has 0 spiro atoms. The molecular formula is C13H19FN2. The summed E-state index contributed by atoms with van der Waals surface area (Å²) >= 11 is 0. The fraction of sp³-hybridized carbons (Fsp3) is 0.308. The molecule has 2 nitrogen and oxygen atoms in total. The first-order valence-electron chi connectivity index (χ1n) is 5.34. The lowest BCUT2D eigenvalue weighted by molar-refractivity contribution is 0.605. The summed E-state index contributed by atoms with van der Waals surface area (Å²) in [5.74, 6) is -0.148. The van der Waals surface area contributed by atoms with Crippen LogP contribution < -0.4 is 0 Å². The van der Waals surface area contributed by atoms with Gasteiger partial charge < -0.3 is 4.40 Å². The van der Waals surface area contributed by atoms with E-state index in [2.05, 4.69) is 18.1 Å². The highest BCUT2D eigenvalue weighted by atomic mass is 19.1. The van der Waals surface area contributed by atoms with Crippen molar-refractivity contribution in [2.24, 2.45) is 0 Å². The lowest BCUT2D eigenvalue weighted by Gasteiger charge is -2.01. The topological polar surface area (TPSA) is 17.3 Å². The number of nitrogens with zero attached hydrogens (tertiary/aromatic N) is 2. The van der Waals surface area contributed by atoms with E-state index in [0.29, 0.717) is 5.65 Å². The SMILES string of the molecule is C=C.CCCc1cn2cc(C)nc2cc1F.[HH]. The molecule has 16 heavy (non-hydrogen) atoms. The third-order valence-corrected chi connectivity index (χ3v) is 2.26. The molecule has 2 rings (SSSR count).